The topological polar surface area (TPSA) is 72.6 Å². The van der Waals surface area contributed by atoms with Crippen molar-refractivity contribution in [1.82, 2.24) is 4.90 Å². The summed E-state index contributed by atoms with van der Waals surface area (Å²) in [4.78, 5) is 24.3. The monoisotopic (exact) mass is 214 g/mol. The Hall–Kier alpha value is -1.10. The van der Waals surface area contributed by atoms with Gasteiger partial charge in [0.25, 0.3) is 0 Å². The van der Waals surface area contributed by atoms with Crippen LogP contribution < -0.4 is 5.73 Å². The molecule has 15 heavy (non-hydrogen) atoms. The van der Waals surface area contributed by atoms with Crippen LogP contribution in [0.25, 0.3) is 0 Å². The molecule has 1 saturated heterocycles. The summed E-state index contributed by atoms with van der Waals surface area (Å²) in [5.41, 5.74) is 5.57. The normalized spacial score (nSPS) is 23.0. The minimum absolute atomic E-state index is 0.111. The molecule has 2 atom stereocenters. The summed E-state index contributed by atoms with van der Waals surface area (Å²) in [7, 11) is 1.31. The standard InChI is InChI=1S/C10H18N2O3/c1-7-3-5-12(9(7)13)6-4-8(11)10(14)15-2/h7-8H,3-6,11H2,1-2H3. The first kappa shape index (κ1) is 12.0. The molecule has 0 aromatic rings. The molecule has 0 aliphatic carbocycles. The van der Waals surface area contributed by atoms with Crippen molar-refractivity contribution < 1.29 is 14.3 Å². The van der Waals surface area contributed by atoms with Crippen LogP contribution in [0.4, 0.5) is 0 Å². The fraction of sp³-hybridized carbons (Fsp3) is 0.800. The van der Waals surface area contributed by atoms with Crippen molar-refractivity contribution in [2.45, 2.75) is 25.8 Å². The molecule has 2 unspecified atom stereocenters. The van der Waals surface area contributed by atoms with Gasteiger partial charge in [0.05, 0.1) is 7.11 Å². The summed E-state index contributed by atoms with van der Waals surface area (Å²) in [5.74, 6) is -0.152. The molecule has 2 N–H and O–H groups in total. The van der Waals surface area contributed by atoms with Gasteiger partial charge < -0.3 is 15.4 Å². The van der Waals surface area contributed by atoms with E-state index in [2.05, 4.69) is 4.74 Å². The van der Waals surface area contributed by atoms with Gasteiger partial charge in [-0.25, -0.2) is 0 Å². The van der Waals surface area contributed by atoms with Gasteiger partial charge in [-0.05, 0) is 12.8 Å². The van der Waals surface area contributed by atoms with Gasteiger partial charge in [0.15, 0.2) is 0 Å². The lowest BCUT2D eigenvalue weighted by Crippen LogP contribution is -2.37. The molecule has 1 aliphatic heterocycles. The van der Waals surface area contributed by atoms with Crippen molar-refractivity contribution in [1.29, 1.82) is 0 Å². The van der Waals surface area contributed by atoms with Crippen LogP contribution in [0.3, 0.4) is 0 Å². The van der Waals surface area contributed by atoms with E-state index >= 15 is 0 Å². The number of hydrogen-bond donors (Lipinski definition) is 1. The number of carbonyl (C=O) groups is 2. The molecule has 0 spiro atoms. The number of likely N-dealkylation sites (tertiary alicyclic amines) is 1. The van der Waals surface area contributed by atoms with Gasteiger partial charge in [0.2, 0.25) is 5.91 Å². The maximum atomic E-state index is 11.5. The van der Waals surface area contributed by atoms with E-state index in [1.54, 1.807) is 4.90 Å². The van der Waals surface area contributed by atoms with Crippen LogP contribution in [-0.2, 0) is 14.3 Å². The first-order chi connectivity index (χ1) is 7.06. The maximum Gasteiger partial charge on any atom is 0.322 e. The molecule has 1 heterocycles. The molecule has 5 nitrogen and oxygen atoms in total. The largest absolute Gasteiger partial charge is 0.468 e. The van der Waals surface area contributed by atoms with E-state index < -0.39 is 12.0 Å². The second-order valence-electron chi connectivity index (χ2n) is 3.93. The molecule has 0 aromatic carbocycles. The van der Waals surface area contributed by atoms with E-state index in [0.717, 1.165) is 13.0 Å². The summed E-state index contributed by atoms with van der Waals surface area (Å²) in [5, 5.41) is 0. The average Bonchev–Trinajstić information content (AvgIpc) is 2.55. The Bertz CT molecular complexity index is 255. The van der Waals surface area contributed by atoms with Gasteiger partial charge in [0, 0.05) is 19.0 Å². The van der Waals surface area contributed by atoms with Crippen molar-refractivity contribution in [3.63, 3.8) is 0 Å². The van der Waals surface area contributed by atoms with E-state index in [1.165, 1.54) is 7.11 Å². The Balaban J connectivity index is 2.32. The molecular formula is C10H18N2O3. The van der Waals surface area contributed by atoms with E-state index in [4.69, 9.17) is 5.73 Å². The molecule has 1 aliphatic rings. The van der Waals surface area contributed by atoms with Crippen LogP contribution in [0.1, 0.15) is 19.8 Å². The van der Waals surface area contributed by atoms with E-state index in [0.29, 0.717) is 13.0 Å². The minimum Gasteiger partial charge on any atom is -0.468 e. The lowest BCUT2D eigenvalue weighted by Gasteiger charge is -2.17. The van der Waals surface area contributed by atoms with Gasteiger partial charge in [-0.15, -0.1) is 0 Å². The highest BCUT2D eigenvalue weighted by Crippen LogP contribution is 2.17. The van der Waals surface area contributed by atoms with Gasteiger partial charge in [0.1, 0.15) is 6.04 Å². The highest BCUT2D eigenvalue weighted by Gasteiger charge is 2.28. The highest BCUT2D eigenvalue weighted by atomic mass is 16.5. The zero-order chi connectivity index (χ0) is 11.4. The predicted molar refractivity (Wildman–Crippen MR) is 55.0 cm³/mol. The van der Waals surface area contributed by atoms with Gasteiger partial charge in [-0.1, -0.05) is 6.92 Å². The molecule has 1 rings (SSSR count). The number of hydrogen-bond acceptors (Lipinski definition) is 4. The van der Waals surface area contributed by atoms with Crippen LogP contribution in [0, 0.1) is 5.92 Å². The molecule has 0 radical (unpaired) electrons. The van der Waals surface area contributed by atoms with Crippen LogP contribution >= 0.6 is 0 Å². The number of amides is 1. The number of esters is 1. The third-order valence-corrected chi connectivity index (χ3v) is 2.78. The van der Waals surface area contributed by atoms with E-state index in [9.17, 15) is 9.59 Å². The van der Waals surface area contributed by atoms with Gasteiger partial charge in [-0.3, -0.25) is 9.59 Å². The molecular weight excluding hydrogens is 196 g/mol. The number of ether oxygens (including phenoxy) is 1. The zero-order valence-corrected chi connectivity index (χ0v) is 9.23. The van der Waals surface area contributed by atoms with Crippen molar-refractivity contribution in [2.24, 2.45) is 11.7 Å². The van der Waals surface area contributed by atoms with Crippen molar-refractivity contribution in [2.75, 3.05) is 20.2 Å². The fourth-order valence-corrected chi connectivity index (χ4v) is 1.68. The Morgan fingerprint density at radius 3 is 2.87 bits per heavy atom. The van der Waals surface area contributed by atoms with Crippen molar-refractivity contribution in [3.8, 4) is 0 Å². The smallest absolute Gasteiger partial charge is 0.322 e. The number of nitrogens with two attached hydrogens (primary N) is 1. The fourth-order valence-electron chi connectivity index (χ4n) is 1.68. The third-order valence-electron chi connectivity index (χ3n) is 2.78. The number of carbonyl (C=O) groups excluding carboxylic acids is 2. The third kappa shape index (κ3) is 2.92. The van der Waals surface area contributed by atoms with Crippen LogP contribution in [0.2, 0.25) is 0 Å². The number of rotatable bonds is 4. The second kappa shape index (κ2) is 5.11. The minimum atomic E-state index is -0.626. The highest BCUT2D eigenvalue weighted by molar-refractivity contribution is 5.80. The van der Waals surface area contributed by atoms with Crippen LogP contribution in [-0.4, -0.2) is 43.0 Å². The first-order valence-corrected chi connectivity index (χ1v) is 5.18. The maximum absolute atomic E-state index is 11.5. The van der Waals surface area contributed by atoms with Gasteiger partial charge >= 0.3 is 5.97 Å². The molecule has 1 fully saturated rings. The summed E-state index contributed by atoms with van der Waals surface area (Å²) >= 11 is 0. The van der Waals surface area contributed by atoms with E-state index in [1.807, 2.05) is 6.92 Å². The molecule has 1 amide bonds. The summed E-state index contributed by atoms with van der Waals surface area (Å²) < 4.78 is 4.51. The van der Waals surface area contributed by atoms with Crippen LogP contribution in [0.5, 0.6) is 0 Å². The number of methoxy groups -OCH3 is 1. The summed E-state index contributed by atoms with van der Waals surface area (Å²) in [6.07, 6.45) is 1.36. The number of nitrogens with zero attached hydrogens (tertiary/aromatic N) is 1. The SMILES string of the molecule is COC(=O)C(N)CCN1CCC(C)C1=O. The molecule has 5 heteroatoms. The Labute approximate surface area is 89.6 Å². The summed E-state index contributed by atoms with van der Waals surface area (Å²) in [6.45, 7) is 3.23. The molecule has 0 bridgehead atoms. The zero-order valence-electron chi connectivity index (χ0n) is 9.23. The lowest BCUT2D eigenvalue weighted by molar-refractivity contribution is -0.142. The Kier molecular flexibility index (Phi) is 4.08. The molecule has 0 saturated carbocycles. The second-order valence-corrected chi connectivity index (χ2v) is 3.93. The first-order valence-electron chi connectivity index (χ1n) is 5.18. The van der Waals surface area contributed by atoms with Crippen molar-refractivity contribution in [3.05, 3.63) is 0 Å². The van der Waals surface area contributed by atoms with Crippen LogP contribution in [0.15, 0.2) is 0 Å². The lowest BCUT2D eigenvalue weighted by atomic mass is 10.1. The van der Waals surface area contributed by atoms with E-state index in [-0.39, 0.29) is 11.8 Å². The quantitative estimate of drug-likeness (QED) is 0.655. The average molecular weight is 214 g/mol. The summed E-state index contributed by atoms with van der Waals surface area (Å²) in [6, 6.07) is -0.626. The Morgan fingerprint density at radius 1 is 1.73 bits per heavy atom. The Morgan fingerprint density at radius 2 is 2.40 bits per heavy atom. The van der Waals surface area contributed by atoms with Crippen molar-refractivity contribution >= 4 is 11.9 Å². The molecule has 0 aromatic heterocycles. The predicted octanol–water partition coefficient (Wildman–Crippen LogP) is -0.255. The van der Waals surface area contributed by atoms with Gasteiger partial charge in [-0.2, -0.15) is 0 Å². The molecule has 86 valence electrons.